The lowest BCUT2D eigenvalue weighted by Crippen LogP contribution is -2.65. The first-order chi connectivity index (χ1) is 17.9. The van der Waals surface area contributed by atoms with E-state index < -0.39 is 5.72 Å². The summed E-state index contributed by atoms with van der Waals surface area (Å²) < 4.78 is 13.4. The number of hydrogen-bond donors (Lipinski definition) is 0. The van der Waals surface area contributed by atoms with Gasteiger partial charge in [-0.25, -0.2) is 0 Å². The maximum Gasteiger partial charge on any atom is 0.325 e. The summed E-state index contributed by atoms with van der Waals surface area (Å²) in [4.78, 5) is 22.1. The van der Waals surface area contributed by atoms with Crippen molar-refractivity contribution in [1.29, 1.82) is 0 Å². The maximum atomic E-state index is 12.8. The van der Waals surface area contributed by atoms with E-state index in [1.54, 1.807) is 0 Å². The maximum absolute atomic E-state index is 12.8. The molecule has 1 fully saturated rings. The summed E-state index contributed by atoms with van der Waals surface area (Å²) >= 11 is 3.72. The first-order valence-electron chi connectivity index (χ1n) is 13.0. The summed E-state index contributed by atoms with van der Waals surface area (Å²) in [5.74, 6) is 0.469. The van der Waals surface area contributed by atoms with Crippen molar-refractivity contribution in [3.8, 4) is 5.75 Å². The highest BCUT2D eigenvalue weighted by Gasteiger charge is 2.64. The van der Waals surface area contributed by atoms with Gasteiger partial charge in [0.25, 0.3) is 0 Å². The number of ether oxygens (including phenoxy) is 2. The topological polar surface area (TPSA) is 54.4 Å². The molecule has 192 valence electrons. The molecule has 1 saturated carbocycles. The van der Waals surface area contributed by atoms with Crippen molar-refractivity contribution >= 4 is 55.9 Å². The largest absolute Gasteiger partial charge is 0.468 e. The van der Waals surface area contributed by atoms with Crippen molar-refractivity contribution in [1.82, 2.24) is 0 Å². The molecule has 1 aliphatic carbocycles. The number of benzene rings is 3. The number of methoxy groups -OCH3 is 1. The smallest absolute Gasteiger partial charge is 0.325 e. The fourth-order valence-electron chi connectivity index (χ4n) is 6.59. The average Bonchev–Trinajstić information content (AvgIpc) is 3.07. The van der Waals surface area contributed by atoms with E-state index in [0.717, 1.165) is 63.7 Å². The zero-order valence-corrected chi connectivity index (χ0v) is 23.2. The van der Waals surface area contributed by atoms with Crippen LogP contribution in [0.4, 0.5) is 17.1 Å². The summed E-state index contributed by atoms with van der Waals surface area (Å²) in [6.45, 7) is 0.0857. The van der Waals surface area contributed by atoms with E-state index in [4.69, 9.17) is 14.5 Å². The molecule has 2 spiro atoms. The molecule has 0 aromatic heterocycles. The van der Waals surface area contributed by atoms with E-state index in [1.807, 2.05) is 24.4 Å². The second kappa shape index (κ2) is 9.05. The Hall–Kier alpha value is -3.06. The number of carbonyl (C=O) groups is 1. The van der Waals surface area contributed by atoms with Gasteiger partial charge in [-0.05, 0) is 48.1 Å². The van der Waals surface area contributed by atoms with Gasteiger partial charge in [-0.2, -0.15) is 0 Å². The van der Waals surface area contributed by atoms with Crippen LogP contribution in [0.3, 0.4) is 0 Å². The first-order valence-corrected chi connectivity index (χ1v) is 13.8. The van der Waals surface area contributed by atoms with Gasteiger partial charge in [-0.15, -0.1) is 0 Å². The molecule has 3 aliphatic rings. The van der Waals surface area contributed by atoms with Gasteiger partial charge in [-0.1, -0.05) is 65.9 Å². The van der Waals surface area contributed by atoms with Crippen LogP contribution in [0.2, 0.25) is 0 Å². The number of anilines is 2. The Bertz CT molecular complexity index is 1410. The van der Waals surface area contributed by atoms with Gasteiger partial charge in [0, 0.05) is 35.3 Å². The van der Waals surface area contributed by atoms with Gasteiger partial charge >= 0.3 is 5.97 Å². The lowest BCUT2D eigenvalue weighted by molar-refractivity contribution is -0.139. The van der Waals surface area contributed by atoms with Crippen LogP contribution < -0.4 is 14.5 Å². The summed E-state index contributed by atoms with van der Waals surface area (Å²) in [6.07, 6.45) is 8.49. The van der Waals surface area contributed by atoms with Crippen LogP contribution >= 0.6 is 15.9 Å². The number of carbonyl (C=O) groups excluding carboxylic acids is 1. The highest BCUT2D eigenvalue weighted by Crippen LogP contribution is 2.60. The molecule has 2 heterocycles. The SMILES string of the molecule is COC(=O)CN1c2ccc(N(C)C)cc2C2(CCCCCC2)C12C=Nc1cc(Br)c3ccccc3c1O2. The lowest BCUT2D eigenvalue weighted by Gasteiger charge is -2.49. The van der Waals surface area contributed by atoms with Crippen LogP contribution in [-0.2, 0) is 14.9 Å². The van der Waals surface area contributed by atoms with Gasteiger partial charge in [-0.3, -0.25) is 9.79 Å². The molecule has 2 aliphatic heterocycles. The Balaban J connectivity index is 1.63. The number of esters is 1. The average molecular weight is 563 g/mol. The van der Waals surface area contributed by atoms with Crippen LogP contribution in [0, 0.1) is 0 Å². The van der Waals surface area contributed by atoms with Crippen LogP contribution in [0.5, 0.6) is 5.75 Å². The molecule has 0 amide bonds. The minimum absolute atomic E-state index is 0.0857. The Morgan fingerprint density at radius 2 is 1.81 bits per heavy atom. The molecule has 1 atom stereocenters. The Morgan fingerprint density at radius 1 is 1.08 bits per heavy atom. The zero-order chi connectivity index (χ0) is 25.8. The second-order valence-electron chi connectivity index (χ2n) is 10.6. The minimum atomic E-state index is -0.942. The predicted octanol–water partition coefficient (Wildman–Crippen LogP) is 6.74. The normalized spacial score (nSPS) is 21.5. The highest BCUT2D eigenvalue weighted by atomic mass is 79.9. The molecule has 6 rings (SSSR count). The Kier molecular flexibility index (Phi) is 5.94. The minimum Gasteiger partial charge on any atom is -0.468 e. The number of rotatable bonds is 3. The van der Waals surface area contributed by atoms with E-state index in [2.05, 4.69) is 70.2 Å². The molecule has 6 nitrogen and oxygen atoms in total. The zero-order valence-electron chi connectivity index (χ0n) is 21.6. The molecule has 7 heteroatoms. The molecule has 0 bridgehead atoms. The Labute approximate surface area is 226 Å². The fraction of sp³-hybridized carbons (Fsp3) is 0.400. The quantitative estimate of drug-likeness (QED) is 0.331. The van der Waals surface area contributed by atoms with Crippen molar-refractivity contribution in [2.24, 2.45) is 4.99 Å². The number of fused-ring (bicyclic) bond motifs is 6. The molecular formula is C30H32BrN3O3. The van der Waals surface area contributed by atoms with Crippen molar-refractivity contribution in [3.63, 3.8) is 0 Å². The van der Waals surface area contributed by atoms with Crippen LogP contribution in [0.15, 0.2) is 58.0 Å². The monoisotopic (exact) mass is 561 g/mol. The van der Waals surface area contributed by atoms with Gasteiger partial charge in [0.1, 0.15) is 12.2 Å². The molecule has 0 radical (unpaired) electrons. The molecule has 0 N–H and O–H groups in total. The highest BCUT2D eigenvalue weighted by molar-refractivity contribution is 9.10. The third-order valence-electron chi connectivity index (χ3n) is 8.42. The van der Waals surface area contributed by atoms with E-state index >= 15 is 0 Å². The van der Waals surface area contributed by atoms with Crippen LogP contribution in [0.1, 0.15) is 44.1 Å². The summed E-state index contributed by atoms with van der Waals surface area (Å²) in [5, 5.41) is 2.09. The van der Waals surface area contributed by atoms with E-state index in [-0.39, 0.29) is 17.9 Å². The molecule has 37 heavy (non-hydrogen) atoms. The second-order valence-corrected chi connectivity index (χ2v) is 11.4. The van der Waals surface area contributed by atoms with Crippen LogP contribution in [-0.4, -0.2) is 45.7 Å². The fourth-order valence-corrected chi connectivity index (χ4v) is 7.15. The van der Waals surface area contributed by atoms with Crippen molar-refractivity contribution in [2.75, 3.05) is 37.5 Å². The van der Waals surface area contributed by atoms with Gasteiger partial charge in [0.05, 0.1) is 18.7 Å². The molecule has 0 saturated heterocycles. The summed E-state index contributed by atoms with van der Waals surface area (Å²) in [6, 6.07) is 16.8. The van der Waals surface area contributed by atoms with Gasteiger partial charge in [0.2, 0.25) is 5.72 Å². The van der Waals surface area contributed by atoms with E-state index in [9.17, 15) is 4.79 Å². The summed E-state index contributed by atoms with van der Waals surface area (Å²) in [5.41, 5.74) is 2.90. The van der Waals surface area contributed by atoms with Gasteiger partial charge < -0.3 is 19.3 Å². The summed E-state index contributed by atoms with van der Waals surface area (Å²) in [7, 11) is 5.58. The molecular weight excluding hydrogens is 530 g/mol. The standard InChI is InChI=1S/C30H32BrN3O3/c1-33(2)20-12-13-26-23(16-20)29(14-8-4-5-9-15-29)30(34(26)18-27(35)36-3)19-32-25-17-24(31)21-10-6-7-11-22(21)28(25)37-30/h6-7,10-13,16-17,19H,4-5,8-9,14-15,18H2,1-3H3. The van der Waals surface area contributed by atoms with Gasteiger partial charge in [0.15, 0.2) is 5.75 Å². The number of hydrogen-bond acceptors (Lipinski definition) is 6. The Morgan fingerprint density at radius 3 is 2.51 bits per heavy atom. The number of aliphatic imine (C=N–C) groups is 1. The first kappa shape index (κ1) is 24.3. The molecule has 3 aromatic carbocycles. The van der Waals surface area contributed by atoms with Crippen molar-refractivity contribution in [2.45, 2.75) is 49.7 Å². The van der Waals surface area contributed by atoms with Crippen LogP contribution in [0.25, 0.3) is 10.8 Å². The van der Waals surface area contributed by atoms with Crippen molar-refractivity contribution in [3.05, 3.63) is 58.6 Å². The predicted molar refractivity (Wildman–Crippen MR) is 153 cm³/mol. The molecule has 1 unspecified atom stereocenters. The van der Waals surface area contributed by atoms with E-state index in [0.29, 0.717) is 0 Å². The third kappa shape index (κ3) is 3.57. The van der Waals surface area contributed by atoms with E-state index in [1.165, 1.54) is 25.5 Å². The number of nitrogens with zero attached hydrogens (tertiary/aromatic N) is 3. The molecule has 3 aromatic rings. The lowest BCUT2D eigenvalue weighted by atomic mass is 9.68. The number of halogens is 1. The third-order valence-corrected chi connectivity index (χ3v) is 9.08. The van der Waals surface area contributed by atoms with Crippen molar-refractivity contribution < 1.29 is 14.3 Å².